The highest BCUT2D eigenvalue weighted by molar-refractivity contribution is 14.1. The van der Waals surface area contributed by atoms with Crippen molar-refractivity contribution in [1.29, 1.82) is 0 Å². The molecule has 2 heteroatoms. The smallest absolute Gasteiger partial charge is 0.101 e. The number of hydrogen-bond acceptors (Lipinski definition) is 1. The third-order valence-corrected chi connectivity index (χ3v) is 6.18. The Bertz CT molecular complexity index is 884. The lowest BCUT2D eigenvalue weighted by molar-refractivity contribution is 0.589. The zero-order valence-corrected chi connectivity index (χ0v) is 20.6. The fraction of sp³-hybridized carbons (Fsp3) is 0.370. The Morgan fingerprint density at radius 1 is 0.724 bits per heavy atom. The molecule has 3 rings (SSSR count). The quantitative estimate of drug-likeness (QED) is 0.266. The monoisotopic (exact) mass is 497 g/mol. The highest BCUT2D eigenvalue weighted by atomic mass is 127. The van der Waals surface area contributed by atoms with Gasteiger partial charge in [0.1, 0.15) is 3.70 Å². The van der Waals surface area contributed by atoms with Crippen LogP contribution in [0, 0.1) is 3.70 Å². The minimum Gasteiger partial charge on any atom is -0.250 e. The molecule has 0 fully saturated rings. The van der Waals surface area contributed by atoms with E-state index in [9.17, 15) is 0 Å². The molecule has 2 aromatic carbocycles. The van der Waals surface area contributed by atoms with Gasteiger partial charge in [0.15, 0.2) is 0 Å². The molecular weight excluding hydrogens is 465 g/mol. The fourth-order valence-electron chi connectivity index (χ4n) is 3.66. The molecule has 152 valence electrons. The van der Waals surface area contributed by atoms with E-state index in [2.05, 4.69) is 130 Å². The summed E-state index contributed by atoms with van der Waals surface area (Å²) in [6.45, 7) is 13.6. The van der Waals surface area contributed by atoms with Crippen molar-refractivity contribution in [1.82, 2.24) is 4.98 Å². The molecule has 0 amide bonds. The van der Waals surface area contributed by atoms with Crippen molar-refractivity contribution >= 4 is 22.6 Å². The van der Waals surface area contributed by atoms with E-state index in [-0.39, 0.29) is 10.8 Å². The fourth-order valence-corrected chi connectivity index (χ4v) is 4.23. The molecule has 1 nitrogen and oxygen atoms in total. The van der Waals surface area contributed by atoms with Crippen molar-refractivity contribution < 1.29 is 0 Å². The lowest BCUT2D eigenvalue weighted by atomic mass is 9.81. The molecular formula is C27H32IN. The molecule has 1 heterocycles. The Morgan fingerprint density at radius 2 is 1.17 bits per heavy atom. The van der Waals surface area contributed by atoms with E-state index < -0.39 is 0 Å². The average Bonchev–Trinajstić information content (AvgIpc) is 2.65. The predicted molar refractivity (Wildman–Crippen MR) is 133 cm³/mol. The second-order valence-corrected chi connectivity index (χ2v) is 11.1. The van der Waals surface area contributed by atoms with Crippen LogP contribution in [0.1, 0.15) is 75.3 Å². The maximum atomic E-state index is 4.36. The average molecular weight is 497 g/mol. The van der Waals surface area contributed by atoms with Gasteiger partial charge in [0.25, 0.3) is 0 Å². The molecule has 0 aliphatic heterocycles. The van der Waals surface area contributed by atoms with E-state index in [4.69, 9.17) is 0 Å². The van der Waals surface area contributed by atoms with Gasteiger partial charge in [-0.1, -0.05) is 90.1 Å². The Morgan fingerprint density at radius 3 is 1.55 bits per heavy atom. The summed E-state index contributed by atoms with van der Waals surface area (Å²) in [6, 6.07) is 22.8. The maximum absolute atomic E-state index is 4.36. The zero-order valence-electron chi connectivity index (χ0n) is 18.5. The topological polar surface area (TPSA) is 12.9 Å². The molecule has 0 saturated heterocycles. The van der Waals surface area contributed by atoms with Crippen LogP contribution >= 0.6 is 22.6 Å². The summed E-state index contributed by atoms with van der Waals surface area (Å²) in [6.07, 6.45) is 2.89. The summed E-state index contributed by atoms with van der Waals surface area (Å²) in [5.41, 5.74) is 7.16. The van der Waals surface area contributed by atoms with E-state index in [1.165, 1.54) is 27.8 Å². The molecule has 0 aliphatic rings. The van der Waals surface area contributed by atoms with E-state index in [1.807, 2.05) is 6.20 Å². The number of nitrogens with zero attached hydrogens (tertiary/aromatic N) is 1. The molecule has 0 saturated carbocycles. The minimum absolute atomic E-state index is 0.170. The van der Waals surface area contributed by atoms with Crippen LogP contribution < -0.4 is 0 Å². The number of aromatic nitrogens is 1. The van der Waals surface area contributed by atoms with Crippen LogP contribution in [0.2, 0.25) is 0 Å². The van der Waals surface area contributed by atoms with Crippen LogP contribution in [0.25, 0.3) is 0 Å². The van der Waals surface area contributed by atoms with Crippen molar-refractivity contribution in [3.63, 3.8) is 0 Å². The van der Waals surface area contributed by atoms with Gasteiger partial charge < -0.3 is 0 Å². The van der Waals surface area contributed by atoms with Crippen molar-refractivity contribution in [3.8, 4) is 0 Å². The first kappa shape index (κ1) is 22.0. The lowest BCUT2D eigenvalue weighted by Gasteiger charge is -2.24. The summed E-state index contributed by atoms with van der Waals surface area (Å²) < 4.78 is 1.05. The van der Waals surface area contributed by atoms with Gasteiger partial charge >= 0.3 is 0 Å². The molecule has 0 aliphatic carbocycles. The van der Waals surface area contributed by atoms with Crippen LogP contribution in [0.4, 0.5) is 0 Å². The summed E-state index contributed by atoms with van der Waals surface area (Å²) in [5, 5.41) is 0. The highest BCUT2D eigenvalue weighted by Crippen LogP contribution is 2.32. The van der Waals surface area contributed by atoms with Crippen LogP contribution in [-0.4, -0.2) is 4.98 Å². The third-order valence-electron chi connectivity index (χ3n) is 5.59. The highest BCUT2D eigenvalue weighted by Gasteiger charge is 2.19. The van der Waals surface area contributed by atoms with Gasteiger partial charge in [-0.15, -0.1) is 0 Å². The molecule has 0 radical (unpaired) electrons. The van der Waals surface area contributed by atoms with Crippen molar-refractivity contribution in [3.05, 3.63) is 98.4 Å². The Kier molecular flexibility index (Phi) is 6.52. The second-order valence-electron chi connectivity index (χ2n) is 9.99. The number of pyridine rings is 1. The van der Waals surface area contributed by atoms with Gasteiger partial charge in [0.2, 0.25) is 0 Å². The van der Waals surface area contributed by atoms with Gasteiger partial charge in [-0.3, -0.25) is 4.98 Å². The molecule has 0 spiro atoms. The molecule has 29 heavy (non-hydrogen) atoms. The van der Waals surface area contributed by atoms with E-state index >= 15 is 0 Å². The van der Waals surface area contributed by atoms with Gasteiger partial charge in [-0.25, -0.2) is 0 Å². The van der Waals surface area contributed by atoms with Gasteiger partial charge in [0, 0.05) is 12.1 Å². The SMILES string of the molecule is CC(C)(C)c1ccc(C(Cc2ccnc(I)c2)c2ccc(C(C)(C)C)cc2)cc1. The standard InChI is InChI=1S/C27H32IN/c1-26(2,3)22-11-7-20(8-12-22)24(17-19-15-16-29-25(28)18-19)21-9-13-23(14-10-21)27(4,5)6/h7-16,18,24H,17H2,1-6H3. The van der Waals surface area contributed by atoms with Gasteiger partial charge in [-0.05, 0) is 79.8 Å². The first-order valence-corrected chi connectivity index (χ1v) is 11.4. The van der Waals surface area contributed by atoms with Crippen LogP contribution in [0.15, 0.2) is 66.9 Å². The minimum atomic E-state index is 0.170. The zero-order chi connectivity index (χ0) is 21.2. The van der Waals surface area contributed by atoms with Crippen LogP contribution in [0.3, 0.4) is 0 Å². The van der Waals surface area contributed by atoms with E-state index in [1.54, 1.807) is 0 Å². The van der Waals surface area contributed by atoms with Crippen LogP contribution in [0.5, 0.6) is 0 Å². The summed E-state index contributed by atoms with van der Waals surface area (Å²) >= 11 is 2.30. The summed E-state index contributed by atoms with van der Waals surface area (Å²) in [5.74, 6) is 0.330. The van der Waals surface area contributed by atoms with Gasteiger partial charge in [-0.2, -0.15) is 0 Å². The Hall–Kier alpha value is -1.68. The predicted octanol–water partition coefficient (Wildman–Crippen LogP) is 7.66. The molecule has 0 bridgehead atoms. The Labute approximate surface area is 190 Å². The first-order chi connectivity index (χ1) is 13.5. The summed E-state index contributed by atoms with van der Waals surface area (Å²) in [4.78, 5) is 4.36. The van der Waals surface area contributed by atoms with E-state index in [0.29, 0.717) is 5.92 Å². The van der Waals surface area contributed by atoms with Gasteiger partial charge in [0.05, 0.1) is 0 Å². The molecule has 0 unspecified atom stereocenters. The van der Waals surface area contributed by atoms with E-state index in [0.717, 1.165) is 10.1 Å². The van der Waals surface area contributed by atoms with Crippen LogP contribution in [-0.2, 0) is 17.3 Å². The third kappa shape index (κ3) is 5.69. The number of halogens is 1. The molecule has 3 aromatic rings. The molecule has 1 aromatic heterocycles. The molecule has 0 atom stereocenters. The van der Waals surface area contributed by atoms with Crippen molar-refractivity contribution in [2.75, 3.05) is 0 Å². The molecule has 0 N–H and O–H groups in total. The first-order valence-electron chi connectivity index (χ1n) is 10.4. The maximum Gasteiger partial charge on any atom is 0.101 e. The number of benzene rings is 2. The van der Waals surface area contributed by atoms with Crippen molar-refractivity contribution in [2.45, 2.75) is 64.7 Å². The Balaban J connectivity index is 1.99. The second kappa shape index (κ2) is 8.59. The lowest BCUT2D eigenvalue weighted by Crippen LogP contribution is -2.13. The summed E-state index contributed by atoms with van der Waals surface area (Å²) in [7, 11) is 0. The van der Waals surface area contributed by atoms with Crippen molar-refractivity contribution in [2.24, 2.45) is 0 Å². The number of rotatable bonds is 4. The normalized spacial score (nSPS) is 12.4. The number of hydrogen-bond donors (Lipinski definition) is 0. The largest absolute Gasteiger partial charge is 0.250 e.